The van der Waals surface area contributed by atoms with E-state index in [1.165, 1.54) is 12.1 Å². The third-order valence-electron chi connectivity index (χ3n) is 1.48. The molecule has 0 atom stereocenters. The Labute approximate surface area is 65.4 Å². The first-order chi connectivity index (χ1) is 5.29. The van der Waals surface area contributed by atoms with Gasteiger partial charge in [0.2, 0.25) is 0 Å². The Kier molecular flexibility index (Phi) is 1.29. The van der Waals surface area contributed by atoms with Crippen molar-refractivity contribution in [2.45, 2.75) is 0 Å². The summed E-state index contributed by atoms with van der Waals surface area (Å²) in [6.45, 7) is 0. The highest BCUT2D eigenvalue weighted by atomic mass is 32.1. The van der Waals surface area contributed by atoms with E-state index in [1.54, 1.807) is 6.07 Å². The Morgan fingerprint density at radius 2 is 2.27 bits per heavy atom. The van der Waals surface area contributed by atoms with Crippen molar-refractivity contribution in [3.63, 3.8) is 0 Å². The van der Waals surface area contributed by atoms with Crippen LogP contribution in [0.15, 0.2) is 23.0 Å². The van der Waals surface area contributed by atoms with Gasteiger partial charge in [0.15, 0.2) is 0 Å². The Morgan fingerprint density at radius 3 is 3.00 bits per heavy atom. The molecule has 0 aliphatic heterocycles. The Balaban J connectivity index is 3.06. The summed E-state index contributed by atoms with van der Waals surface area (Å²) in [6.07, 6.45) is 0. The van der Waals surface area contributed by atoms with Crippen LogP contribution in [0, 0.1) is 5.82 Å². The van der Waals surface area contributed by atoms with Gasteiger partial charge in [-0.25, -0.2) is 4.39 Å². The number of para-hydroxylation sites is 1. The molecule has 0 unspecified atom stereocenters. The lowest BCUT2D eigenvalue weighted by Crippen LogP contribution is -1.87. The van der Waals surface area contributed by atoms with Crippen molar-refractivity contribution in [1.29, 1.82) is 0 Å². The van der Waals surface area contributed by atoms with Crippen molar-refractivity contribution in [1.82, 2.24) is 4.37 Å². The Bertz CT molecular complexity index is 445. The molecule has 1 heterocycles. The quantitative estimate of drug-likeness (QED) is 0.640. The molecule has 0 radical (unpaired) electrons. The number of halogens is 1. The number of fused-ring (bicyclic) bond motifs is 1. The van der Waals surface area contributed by atoms with Crippen molar-refractivity contribution in [2.24, 2.45) is 0 Å². The zero-order chi connectivity index (χ0) is 7.84. The van der Waals surface area contributed by atoms with E-state index in [0.717, 1.165) is 11.5 Å². The fourth-order valence-electron chi connectivity index (χ4n) is 0.950. The smallest absolute Gasteiger partial charge is 0.257 e. The Morgan fingerprint density at radius 1 is 1.45 bits per heavy atom. The van der Waals surface area contributed by atoms with Gasteiger partial charge in [-0.2, -0.15) is 0 Å². The highest BCUT2D eigenvalue weighted by Gasteiger charge is 2.03. The minimum atomic E-state index is -0.374. The van der Waals surface area contributed by atoms with Gasteiger partial charge in [-0.1, -0.05) is 6.07 Å². The predicted molar refractivity (Wildman–Crippen MR) is 42.4 cm³/mol. The van der Waals surface area contributed by atoms with Crippen LogP contribution in [0.25, 0.3) is 10.9 Å². The first-order valence-electron chi connectivity index (χ1n) is 3.05. The molecule has 2 aromatic rings. The van der Waals surface area contributed by atoms with Gasteiger partial charge in [-0.15, -0.1) is 0 Å². The first-order valence-corrected chi connectivity index (χ1v) is 3.86. The average molecular weight is 169 g/mol. The van der Waals surface area contributed by atoms with Crippen molar-refractivity contribution in [2.75, 3.05) is 0 Å². The molecule has 0 saturated carbocycles. The van der Waals surface area contributed by atoms with Gasteiger partial charge in [0.05, 0.1) is 10.9 Å². The van der Waals surface area contributed by atoms with Gasteiger partial charge in [0.25, 0.3) is 4.74 Å². The molecule has 2 nitrogen and oxygen atoms in total. The lowest BCUT2D eigenvalue weighted by atomic mass is 10.2. The molecule has 2 rings (SSSR count). The van der Waals surface area contributed by atoms with E-state index in [-0.39, 0.29) is 10.6 Å². The van der Waals surface area contributed by atoms with E-state index >= 15 is 0 Å². The highest BCUT2D eigenvalue weighted by Crippen LogP contribution is 2.12. The third-order valence-corrected chi connectivity index (χ3v) is 2.19. The monoisotopic (exact) mass is 169 g/mol. The van der Waals surface area contributed by atoms with E-state index in [4.69, 9.17) is 0 Å². The molecule has 0 bridgehead atoms. The number of H-pyrrole nitrogens is 1. The van der Waals surface area contributed by atoms with E-state index in [1.807, 2.05) is 0 Å². The summed E-state index contributed by atoms with van der Waals surface area (Å²) < 4.78 is 15.3. The Hall–Kier alpha value is -1.16. The van der Waals surface area contributed by atoms with Crippen LogP contribution in [0.5, 0.6) is 0 Å². The molecule has 0 spiro atoms. The van der Waals surface area contributed by atoms with Crippen LogP contribution in [0.4, 0.5) is 4.39 Å². The predicted octanol–water partition coefficient (Wildman–Crippen LogP) is 1.73. The van der Waals surface area contributed by atoms with Gasteiger partial charge < -0.3 is 4.37 Å². The largest absolute Gasteiger partial charge is 0.305 e. The van der Waals surface area contributed by atoms with Crippen LogP contribution >= 0.6 is 11.5 Å². The maximum Gasteiger partial charge on any atom is 0.257 e. The summed E-state index contributed by atoms with van der Waals surface area (Å²) in [7, 11) is 0. The number of nitrogens with one attached hydrogen (secondary N) is 1. The normalized spacial score (nSPS) is 10.6. The van der Waals surface area contributed by atoms with Crippen molar-refractivity contribution in [3.8, 4) is 0 Å². The maximum absolute atomic E-state index is 12.8. The molecule has 0 aliphatic carbocycles. The van der Waals surface area contributed by atoms with Crippen LogP contribution in [-0.4, -0.2) is 4.37 Å². The number of rotatable bonds is 0. The second-order valence-electron chi connectivity index (χ2n) is 2.15. The molecule has 0 fully saturated rings. The SMILES string of the molecule is O=c1s[nH]c2c(F)cccc12. The van der Waals surface area contributed by atoms with Crippen LogP contribution < -0.4 is 4.74 Å². The van der Waals surface area contributed by atoms with Gasteiger partial charge >= 0.3 is 0 Å². The molecular formula is C7H4FNOS. The standard InChI is InChI=1S/C7H4FNOS/c8-5-3-1-2-4-6(5)9-11-7(4)10/h1-3,9H. The van der Waals surface area contributed by atoms with Crippen LogP contribution in [0.3, 0.4) is 0 Å². The molecule has 0 amide bonds. The average Bonchev–Trinajstić information content (AvgIpc) is 2.35. The fraction of sp³-hybridized carbons (Fsp3) is 0. The third kappa shape index (κ3) is 0.867. The molecule has 1 N–H and O–H groups in total. The lowest BCUT2D eigenvalue weighted by molar-refractivity contribution is 0.638. The summed E-state index contributed by atoms with van der Waals surface area (Å²) in [5.74, 6) is -0.374. The summed E-state index contributed by atoms with van der Waals surface area (Å²) in [5.41, 5.74) is 0.308. The van der Waals surface area contributed by atoms with Gasteiger partial charge in [0, 0.05) is 0 Å². The molecule has 4 heteroatoms. The zero-order valence-electron chi connectivity index (χ0n) is 5.43. The van der Waals surface area contributed by atoms with E-state index in [2.05, 4.69) is 4.37 Å². The molecule has 56 valence electrons. The minimum absolute atomic E-state index is 0.125. The lowest BCUT2D eigenvalue weighted by Gasteiger charge is -1.87. The number of hydrogen-bond donors (Lipinski definition) is 1. The van der Waals surface area contributed by atoms with Crippen molar-refractivity contribution in [3.05, 3.63) is 33.6 Å². The second kappa shape index (κ2) is 2.17. The van der Waals surface area contributed by atoms with Crippen LogP contribution in [0.2, 0.25) is 0 Å². The van der Waals surface area contributed by atoms with Crippen molar-refractivity contribution < 1.29 is 4.39 Å². The minimum Gasteiger partial charge on any atom is -0.305 e. The van der Waals surface area contributed by atoms with E-state index in [0.29, 0.717) is 10.9 Å². The number of hydrogen-bond acceptors (Lipinski definition) is 2. The summed E-state index contributed by atoms with van der Waals surface area (Å²) >= 11 is 0.911. The fourth-order valence-corrected chi connectivity index (χ4v) is 1.63. The van der Waals surface area contributed by atoms with Crippen LogP contribution in [0.1, 0.15) is 0 Å². The first kappa shape index (κ1) is 6.54. The van der Waals surface area contributed by atoms with Gasteiger partial charge in [-0.3, -0.25) is 4.79 Å². The maximum atomic E-state index is 12.8. The molecule has 1 aromatic carbocycles. The second-order valence-corrected chi connectivity index (χ2v) is 2.93. The number of aromatic amines is 1. The van der Waals surface area contributed by atoms with Crippen molar-refractivity contribution >= 4 is 22.4 Å². The molecular weight excluding hydrogens is 165 g/mol. The van der Waals surface area contributed by atoms with Gasteiger partial charge in [-0.05, 0) is 23.7 Å². The topological polar surface area (TPSA) is 32.9 Å². The molecule has 11 heavy (non-hydrogen) atoms. The number of benzene rings is 1. The molecule has 0 aliphatic rings. The summed E-state index contributed by atoms with van der Waals surface area (Å²) in [6, 6.07) is 4.46. The van der Waals surface area contributed by atoms with Gasteiger partial charge in [0.1, 0.15) is 5.82 Å². The zero-order valence-corrected chi connectivity index (χ0v) is 6.24. The number of aromatic nitrogens is 1. The van der Waals surface area contributed by atoms with E-state index in [9.17, 15) is 9.18 Å². The highest BCUT2D eigenvalue weighted by molar-refractivity contribution is 7.04. The van der Waals surface area contributed by atoms with E-state index < -0.39 is 0 Å². The summed E-state index contributed by atoms with van der Waals surface area (Å²) in [4.78, 5) is 11.0. The van der Waals surface area contributed by atoms with Crippen LogP contribution in [-0.2, 0) is 0 Å². The molecule has 1 aromatic heterocycles. The summed E-state index contributed by atoms with van der Waals surface area (Å²) in [5, 5.41) is 0.426. The molecule has 0 saturated heterocycles.